The fourth-order valence-corrected chi connectivity index (χ4v) is 2.35. The van der Waals surface area contributed by atoms with Gasteiger partial charge < -0.3 is 10.6 Å². The van der Waals surface area contributed by atoms with Crippen LogP contribution in [-0.2, 0) is 10.0 Å². The van der Waals surface area contributed by atoms with Gasteiger partial charge in [0.25, 0.3) is 0 Å². The monoisotopic (exact) mass is 334 g/mol. The third kappa shape index (κ3) is 11.8. The van der Waals surface area contributed by atoms with E-state index < -0.39 is 10.0 Å². The highest BCUT2D eigenvalue weighted by Gasteiger charge is 2.13. The van der Waals surface area contributed by atoms with E-state index in [-0.39, 0.29) is 5.75 Å². The van der Waals surface area contributed by atoms with Crippen molar-refractivity contribution in [1.82, 2.24) is 15.4 Å². The van der Waals surface area contributed by atoms with E-state index in [0.717, 1.165) is 25.3 Å². The maximum Gasteiger partial charge on any atom is 0.211 e. The molecule has 0 rings (SSSR count). The summed E-state index contributed by atoms with van der Waals surface area (Å²) in [7, 11) is -3.14. The summed E-state index contributed by atoms with van der Waals surface area (Å²) in [6.45, 7) is 14.0. The van der Waals surface area contributed by atoms with Crippen molar-refractivity contribution >= 4 is 16.0 Å². The number of aliphatic imine (C=N–C) groups is 1. The number of hydrogen-bond acceptors (Lipinski definition) is 3. The molecule has 0 aliphatic carbocycles. The van der Waals surface area contributed by atoms with Crippen LogP contribution in [0.1, 0.15) is 54.4 Å². The van der Waals surface area contributed by atoms with Gasteiger partial charge >= 0.3 is 0 Å². The minimum atomic E-state index is -3.14. The number of guanidine groups is 1. The van der Waals surface area contributed by atoms with Gasteiger partial charge in [-0.05, 0) is 39.0 Å². The second kappa shape index (κ2) is 10.0. The highest BCUT2D eigenvalue weighted by atomic mass is 32.2. The van der Waals surface area contributed by atoms with Crippen molar-refractivity contribution in [2.45, 2.75) is 60.4 Å². The van der Waals surface area contributed by atoms with E-state index in [9.17, 15) is 8.42 Å². The maximum absolute atomic E-state index is 11.3. The van der Waals surface area contributed by atoms with Gasteiger partial charge in [0.15, 0.2) is 5.96 Å². The van der Waals surface area contributed by atoms with E-state index in [0.29, 0.717) is 24.5 Å². The third-order valence-corrected chi connectivity index (χ3v) is 4.54. The van der Waals surface area contributed by atoms with E-state index in [4.69, 9.17) is 0 Å². The summed E-state index contributed by atoms with van der Waals surface area (Å²) in [6.07, 6.45) is 2.20. The first-order chi connectivity index (χ1) is 10.1. The van der Waals surface area contributed by atoms with Crippen molar-refractivity contribution < 1.29 is 8.42 Å². The van der Waals surface area contributed by atoms with E-state index in [2.05, 4.69) is 48.0 Å². The standard InChI is InChI=1S/C15H34N4O2S/c1-7-16-14(17-11-12-18-22(20,21)8-2)19-13(3)9-10-15(4,5)6/h13,18H,7-12H2,1-6H3,(H2,16,17,19). The van der Waals surface area contributed by atoms with Crippen LogP contribution in [0.5, 0.6) is 0 Å². The number of nitrogens with one attached hydrogen (secondary N) is 3. The van der Waals surface area contributed by atoms with Gasteiger partial charge in [-0.2, -0.15) is 0 Å². The molecule has 0 radical (unpaired) electrons. The van der Waals surface area contributed by atoms with Crippen LogP contribution in [0.4, 0.5) is 0 Å². The minimum absolute atomic E-state index is 0.0961. The van der Waals surface area contributed by atoms with Crippen LogP contribution in [-0.4, -0.2) is 45.8 Å². The molecule has 22 heavy (non-hydrogen) atoms. The van der Waals surface area contributed by atoms with Crippen molar-refractivity contribution in [3.63, 3.8) is 0 Å². The average molecular weight is 335 g/mol. The second-order valence-corrected chi connectivity index (χ2v) is 8.80. The quantitative estimate of drug-likeness (QED) is 0.340. The lowest BCUT2D eigenvalue weighted by atomic mass is 9.89. The van der Waals surface area contributed by atoms with Crippen LogP contribution in [0, 0.1) is 5.41 Å². The summed E-state index contributed by atoms with van der Waals surface area (Å²) in [4.78, 5) is 4.40. The van der Waals surface area contributed by atoms with Gasteiger partial charge in [0, 0.05) is 19.1 Å². The van der Waals surface area contributed by atoms with Gasteiger partial charge in [-0.25, -0.2) is 13.1 Å². The Hall–Kier alpha value is -0.820. The maximum atomic E-state index is 11.3. The molecule has 0 heterocycles. The number of hydrogen-bond donors (Lipinski definition) is 3. The van der Waals surface area contributed by atoms with Gasteiger partial charge in [-0.3, -0.25) is 4.99 Å². The molecule has 0 aliphatic rings. The van der Waals surface area contributed by atoms with Gasteiger partial charge in [-0.15, -0.1) is 0 Å². The summed E-state index contributed by atoms with van der Waals surface area (Å²) in [5.41, 5.74) is 0.323. The Morgan fingerprint density at radius 3 is 2.36 bits per heavy atom. The molecule has 0 aliphatic heterocycles. The lowest BCUT2D eigenvalue weighted by Gasteiger charge is -2.23. The van der Waals surface area contributed by atoms with Gasteiger partial charge in [-0.1, -0.05) is 20.8 Å². The van der Waals surface area contributed by atoms with Crippen molar-refractivity contribution in [2.24, 2.45) is 10.4 Å². The Balaban J connectivity index is 4.31. The molecule has 0 fully saturated rings. The van der Waals surface area contributed by atoms with E-state index in [1.807, 2.05) is 6.92 Å². The largest absolute Gasteiger partial charge is 0.357 e. The molecule has 7 heteroatoms. The molecule has 0 aromatic carbocycles. The Morgan fingerprint density at radius 2 is 1.86 bits per heavy atom. The highest BCUT2D eigenvalue weighted by Crippen LogP contribution is 2.21. The van der Waals surface area contributed by atoms with E-state index >= 15 is 0 Å². The van der Waals surface area contributed by atoms with Crippen LogP contribution in [0.25, 0.3) is 0 Å². The Morgan fingerprint density at radius 1 is 1.23 bits per heavy atom. The molecule has 0 bridgehead atoms. The molecule has 132 valence electrons. The predicted octanol–water partition coefficient (Wildman–Crippen LogP) is 1.70. The minimum Gasteiger partial charge on any atom is -0.357 e. The molecule has 0 aromatic rings. The van der Waals surface area contributed by atoms with Crippen LogP contribution >= 0.6 is 0 Å². The Bertz CT molecular complexity index is 427. The van der Waals surface area contributed by atoms with Gasteiger partial charge in [0.05, 0.1) is 12.3 Å². The first-order valence-corrected chi connectivity index (χ1v) is 9.77. The molecule has 0 aromatic heterocycles. The van der Waals surface area contributed by atoms with Crippen molar-refractivity contribution in [3.8, 4) is 0 Å². The molecule has 0 amide bonds. The lowest BCUT2D eigenvalue weighted by molar-refractivity contribution is 0.346. The summed E-state index contributed by atoms with van der Waals surface area (Å²) >= 11 is 0. The van der Waals surface area contributed by atoms with Crippen LogP contribution in [0.15, 0.2) is 4.99 Å². The number of rotatable bonds is 9. The topological polar surface area (TPSA) is 82.6 Å². The second-order valence-electron chi connectivity index (χ2n) is 6.70. The fourth-order valence-electron chi connectivity index (χ4n) is 1.75. The van der Waals surface area contributed by atoms with Crippen molar-refractivity contribution in [3.05, 3.63) is 0 Å². The lowest BCUT2D eigenvalue weighted by Crippen LogP contribution is -2.43. The number of nitrogens with zero attached hydrogens (tertiary/aromatic N) is 1. The zero-order valence-corrected chi connectivity index (χ0v) is 15.8. The first kappa shape index (κ1) is 21.2. The van der Waals surface area contributed by atoms with E-state index in [1.54, 1.807) is 6.92 Å². The van der Waals surface area contributed by atoms with Crippen LogP contribution in [0.3, 0.4) is 0 Å². The Labute approximate surface area is 136 Å². The predicted molar refractivity (Wildman–Crippen MR) is 94.7 cm³/mol. The van der Waals surface area contributed by atoms with Gasteiger partial charge in [0.1, 0.15) is 0 Å². The molecule has 1 atom stereocenters. The first-order valence-electron chi connectivity index (χ1n) is 8.12. The molecule has 0 saturated heterocycles. The average Bonchev–Trinajstić information content (AvgIpc) is 2.41. The molecular weight excluding hydrogens is 300 g/mol. The zero-order chi connectivity index (χ0) is 17.2. The molecular formula is C15H34N4O2S. The summed E-state index contributed by atoms with van der Waals surface area (Å²) in [5, 5.41) is 6.55. The third-order valence-electron chi connectivity index (χ3n) is 3.14. The molecule has 1 unspecified atom stereocenters. The molecule has 0 saturated carbocycles. The normalized spacial score (nSPS) is 14.7. The smallest absolute Gasteiger partial charge is 0.211 e. The van der Waals surface area contributed by atoms with Crippen LogP contribution < -0.4 is 15.4 Å². The highest BCUT2D eigenvalue weighted by molar-refractivity contribution is 7.89. The SMILES string of the molecule is CCNC(=NCCNS(=O)(=O)CC)NC(C)CCC(C)(C)C. The molecule has 3 N–H and O–H groups in total. The summed E-state index contributed by atoms with van der Waals surface area (Å²) < 4.78 is 25.2. The molecule has 6 nitrogen and oxygen atoms in total. The van der Waals surface area contributed by atoms with Crippen molar-refractivity contribution in [1.29, 1.82) is 0 Å². The molecule has 0 spiro atoms. The summed E-state index contributed by atoms with van der Waals surface area (Å²) in [6, 6.07) is 0.323. The van der Waals surface area contributed by atoms with Gasteiger partial charge in [0.2, 0.25) is 10.0 Å². The zero-order valence-electron chi connectivity index (χ0n) is 15.0. The number of sulfonamides is 1. The fraction of sp³-hybridized carbons (Fsp3) is 0.933. The summed E-state index contributed by atoms with van der Waals surface area (Å²) in [5.74, 6) is 0.832. The Kier molecular flexibility index (Phi) is 9.67. The van der Waals surface area contributed by atoms with Crippen LogP contribution in [0.2, 0.25) is 0 Å². The van der Waals surface area contributed by atoms with Crippen molar-refractivity contribution in [2.75, 3.05) is 25.4 Å². The van der Waals surface area contributed by atoms with E-state index in [1.165, 1.54) is 0 Å².